The number of nitrogens with zero attached hydrogens (tertiary/aromatic N) is 6. The molecule has 1 aliphatic heterocycles. The van der Waals surface area contributed by atoms with Gasteiger partial charge in [0.15, 0.2) is 0 Å². The van der Waals surface area contributed by atoms with Gasteiger partial charge in [0, 0.05) is 37.8 Å². The minimum absolute atomic E-state index is 0.0361. The third-order valence-corrected chi connectivity index (χ3v) is 4.62. The van der Waals surface area contributed by atoms with Crippen LogP contribution >= 0.6 is 0 Å². The zero-order chi connectivity index (χ0) is 17.6. The highest BCUT2D eigenvalue weighted by Gasteiger charge is 2.22. The quantitative estimate of drug-likeness (QED) is 0.727. The number of hydrogen-bond acceptors (Lipinski definition) is 5. The van der Waals surface area contributed by atoms with Crippen LogP contribution in [0.2, 0.25) is 0 Å². The Morgan fingerprint density at radius 3 is 2.84 bits per heavy atom. The van der Waals surface area contributed by atoms with Gasteiger partial charge in [-0.05, 0) is 18.6 Å². The first-order valence-electron chi connectivity index (χ1n) is 8.64. The molecule has 0 aliphatic carbocycles. The Labute approximate surface area is 145 Å². The van der Waals surface area contributed by atoms with Gasteiger partial charge in [0.2, 0.25) is 0 Å². The van der Waals surface area contributed by atoms with Crippen LogP contribution in [0.5, 0.6) is 0 Å². The summed E-state index contributed by atoms with van der Waals surface area (Å²) in [6, 6.07) is 5.50. The summed E-state index contributed by atoms with van der Waals surface area (Å²) in [6.07, 6.45) is 1.82. The van der Waals surface area contributed by atoms with Crippen molar-refractivity contribution in [1.82, 2.24) is 29.0 Å². The zero-order valence-electron chi connectivity index (χ0n) is 14.8. The summed E-state index contributed by atoms with van der Waals surface area (Å²) in [4.78, 5) is 19.3. The minimum Gasteiger partial charge on any atom is -0.312 e. The second-order valence-electron chi connectivity index (χ2n) is 7.01. The SMILES string of the molecule is Cc1ccc2nc(CN3CCn4c(nnc4C(C)C)C3)cc(=O)n2c1. The van der Waals surface area contributed by atoms with Crippen LogP contribution in [0.3, 0.4) is 0 Å². The molecular formula is C18H22N6O. The zero-order valence-corrected chi connectivity index (χ0v) is 14.8. The lowest BCUT2D eigenvalue weighted by atomic mass is 10.2. The smallest absolute Gasteiger partial charge is 0.258 e. The van der Waals surface area contributed by atoms with E-state index in [1.807, 2.05) is 25.3 Å². The normalized spacial score (nSPS) is 15.0. The second-order valence-corrected chi connectivity index (χ2v) is 7.01. The average molecular weight is 338 g/mol. The molecule has 0 fully saturated rings. The van der Waals surface area contributed by atoms with Crippen molar-refractivity contribution in [3.8, 4) is 0 Å². The summed E-state index contributed by atoms with van der Waals surface area (Å²) in [6.45, 7) is 9.39. The molecule has 0 radical (unpaired) electrons. The highest BCUT2D eigenvalue weighted by molar-refractivity contribution is 5.39. The van der Waals surface area contributed by atoms with E-state index in [4.69, 9.17) is 0 Å². The maximum absolute atomic E-state index is 12.3. The Balaban J connectivity index is 1.58. The molecule has 3 aromatic rings. The van der Waals surface area contributed by atoms with E-state index in [0.717, 1.165) is 42.5 Å². The predicted molar refractivity (Wildman–Crippen MR) is 94.4 cm³/mol. The summed E-state index contributed by atoms with van der Waals surface area (Å²) in [5.41, 5.74) is 2.49. The van der Waals surface area contributed by atoms with Gasteiger partial charge in [-0.25, -0.2) is 4.98 Å². The number of aryl methyl sites for hydroxylation is 1. The maximum atomic E-state index is 12.3. The van der Waals surface area contributed by atoms with Crippen LogP contribution in [-0.2, 0) is 19.6 Å². The van der Waals surface area contributed by atoms with E-state index >= 15 is 0 Å². The van der Waals surface area contributed by atoms with E-state index < -0.39 is 0 Å². The van der Waals surface area contributed by atoms with E-state index in [-0.39, 0.29) is 5.56 Å². The van der Waals surface area contributed by atoms with Gasteiger partial charge in [-0.2, -0.15) is 0 Å². The maximum Gasteiger partial charge on any atom is 0.258 e. The molecule has 0 bridgehead atoms. The molecule has 0 amide bonds. The van der Waals surface area contributed by atoms with Crippen molar-refractivity contribution in [1.29, 1.82) is 0 Å². The molecule has 1 aliphatic rings. The monoisotopic (exact) mass is 338 g/mol. The van der Waals surface area contributed by atoms with Gasteiger partial charge in [0.1, 0.15) is 17.3 Å². The Kier molecular flexibility index (Phi) is 3.88. The summed E-state index contributed by atoms with van der Waals surface area (Å²) in [5.74, 6) is 2.41. The molecule has 0 spiro atoms. The van der Waals surface area contributed by atoms with Crippen molar-refractivity contribution in [2.75, 3.05) is 6.54 Å². The van der Waals surface area contributed by atoms with Crippen molar-refractivity contribution >= 4 is 5.65 Å². The molecule has 7 nitrogen and oxygen atoms in total. The molecule has 0 N–H and O–H groups in total. The van der Waals surface area contributed by atoms with Crippen LogP contribution in [-0.4, -0.2) is 35.6 Å². The largest absolute Gasteiger partial charge is 0.312 e. The van der Waals surface area contributed by atoms with Gasteiger partial charge in [0.25, 0.3) is 5.56 Å². The van der Waals surface area contributed by atoms with Crippen LogP contribution < -0.4 is 5.56 Å². The molecule has 4 rings (SSSR count). The molecule has 4 heterocycles. The van der Waals surface area contributed by atoms with E-state index in [1.165, 1.54) is 0 Å². The van der Waals surface area contributed by atoms with E-state index in [9.17, 15) is 4.79 Å². The Hall–Kier alpha value is -2.54. The minimum atomic E-state index is -0.0361. The van der Waals surface area contributed by atoms with Gasteiger partial charge in [-0.1, -0.05) is 19.9 Å². The Morgan fingerprint density at radius 2 is 2.04 bits per heavy atom. The lowest BCUT2D eigenvalue weighted by molar-refractivity contribution is 0.204. The van der Waals surface area contributed by atoms with E-state index in [1.54, 1.807) is 10.5 Å². The average Bonchev–Trinajstić information content (AvgIpc) is 2.99. The van der Waals surface area contributed by atoms with Crippen molar-refractivity contribution in [2.45, 2.75) is 46.3 Å². The fraction of sp³-hybridized carbons (Fsp3) is 0.444. The summed E-state index contributed by atoms with van der Waals surface area (Å²) in [7, 11) is 0. The van der Waals surface area contributed by atoms with Gasteiger partial charge < -0.3 is 4.57 Å². The summed E-state index contributed by atoms with van der Waals surface area (Å²) >= 11 is 0. The van der Waals surface area contributed by atoms with Crippen molar-refractivity contribution in [3.05, 3.63) is 57.7 Å². The van der Waals surface area contributed by atoms with Gasteiger partial charge in [-0.15, -0.1) is 10.2 Å². The Morgan fingerprint density at radius 1 is 1.20 bits per heavy atom. The molecule has 0 atom stereocenters. The number of aromatic nitrogens is 5. The van der Waals surface area contributed by atoms with Crippen LogP contribution in [0.25, 0.3) is 5.65 Å². The molecule has 0 unspecified atom stereocenters. The summed E-state index contributed by atoms with van der Waals surface area (Å²) < 4.78 is 3.81. The van der Waals surface area contributed by atoms with E-state index in [2.05, 4.69) is 38.5 Å². The molecule has 0 saturated carbocycles. The molecule has 25 heavy (non-hydrogen) atoms. The predicted octanol–water partition coefficient (Wildman–Crippen LogP) is 1.73. The third-order valence-electron chi connectivity index (χ3n) is 4.62. The number of rotatable bonds is 3. The van der Waals surface area contributed by atoms with Gasteiger partial charge in [-0.3, -0.25) is 14.1 Å². The Bertz CT molecular complexity index is 987. The highest BCUT2D eigenvalue weighted by Crippen LogP contribution is 2.19. The van der Waals surface area contributed by atoms with Crippen LogP contribution in [0.1, 0.15) is 42.7 Å². The molecular weight excluding hydrogens is 316 g/mol. The first kappa shape index (κ1) is 16.0. The van der Waals surface area contributed by atoms with E-state index in [0.29, 0.717) is 18.1 Å². The fourth-order valence-corrected chi connectivity index (χ4v) is 3.36. The molecule has 0 saturated heterocycles. The standard InChI is InChI=1S/C18H22N6O/c1-12(2)18-21-20-16-11-22(6-7-23(16)18)10-14-8-17(25)24-9-13(3)4-5-15(24)19-14/h4-5,8-9,12H,6-7,10-11H2,1-3H3. The molecule has 0 aromatic carbocycles. The van der Waals surface area contributed by atoms with Gasteiger partial charge in [0.05, 0.1) is 12.2 Å². The molecule has 130 valence electrons. The molecule has 7 heteroatoms. The van der Waals surface area contributed by atoms with Crippen molar-refractivity contribution in [3.63, 3.8) is 0 Å². The number of fused-ring (bicyclic) bond motifs is 2. The first-order chi connectivity index (χ1) is 12.0. The topological polar surface area (TPSA) is 68.3 Å². The first-order valence-corrected chi connectivity index (χ1v) is 8.64. The van der Waals surface area contributed by atoms with Crippen molar-refractivity contribution < 1.29 is 0 Å². The summed E-state index contributed by atoms with van der Waals surface area (Å²) in [5, 5.41) is 8.65. The fourth-order valence-electron chi connectivity index (χ4n) is 3.36. The lowest BCUT2D eigenvalue weighted by Crippen LogP contribution is -2.34. The van der Waals surface area contributed by atoms with Crippen LogP contribution in [0.15, 0.2) is 29.2 Å². The van der Waals surface area contributed by atoms with Gasteiger partial charge >= 0.3 is 0 Å². The third kappa shape index (κ3) is 2.95. The molecule has 3 aromatic heterocycles. The van der Waals surface area contributed by atoms with Crippen LogP contribution in [0, 0.1) is 6.92 Å². The second kappa shape index (κ2) is 6.07. The lowest BCUT2D eigenvalue weighted by Gasteiger charge is -2.27. The highest BCUT2D eigenvalue weighted by atomic mass is 16.1. The number of pyridine rings is 1. The number of hydrogen-bond donors (Lipinski definition) is 0. The van der Waals surface area contributed by atoms with Crippen molar-refractivity contribution in [2.24, 2.45) is 0 Å². The van der Waals surface area contributed by atoms with Crippen LogP contribution in [0.4, 0.5) is 0 Å².